The molecule has 2 rings (SSSR count). The molecule has 0 heterocycles. The van der Waals surface area contributed by atoms with Crippen LogP contribution in [0.15, 0.2) is 23.8 Å². The Balaban J connectivity index is 1.76. The van der Waals surface area contributed by atoms with Crippen molar-refractivity contribution >= 4 is 0 Å². The van der Waals surface area contributed by atoms with Crippen molar-refractivity contribution in [1.29, 1.82) is 0 Å². The molecular formula is C26H47NO3. The van der Waals surface area contributed by atoms with Gasteiger partial charge in [-0.05, 0) is 65.2 Å². The van der Waals surface area contributed by atoms with E-state index in [9.17, 15) is 10.2 Å². The Bertz CT molecular complexity index is 534. The van der Waals surface area contributed by atoms with E-state index in [0.29, 0.717) is 30.5 Å². The van der Waals surface area contributed by atoms with Crippen molar-refractivity contribution in [1.82, 2.24) is 4.90 Å². The van der Waals surface area contributed by atoms with Gasteiger partial charge in [0.25, 0.3) is 0 Å². The second-order valence-electron chi connectivity index (χ2n) is 10.0. The van der Waals surface area contributed by atoms with Crippen molar-refractivity contribution in [2.75, 3.05) is 19.8 Å². The second-order valence-corrected chi connectivity index (χ2v) is 10.0. The van der Waals surface area contributed by atoms with Gasteiger partial charge in [-0.3, -0.25) is 4.90 Å². The van der Waals surface area contributed by atoms with Gasteiger partial charge < -0.3 is 14.9 Å². The summed E-state index contributed by atoms with van der Waals surface area (Å²) >= 11 is 0. The van der Waals surface area contributed by atoms with Crippen LogP contribution in [0.1, 0.15) is 79.6 Å². The summed E-state index contributed by atoms with van der Waals surface area (Å²) in [6.07, 6.45) is 13.0. The van der Waals surface area contributed by atoms with Crippen molar-refractivity contribution in [3.8, 4) is 0 Å². The van der Waals surface area contributed by atoms with Gasteiger partial charge in [0.15, 0.2) is 0 Å². The number of aliphatic hydroxyl groups is 2. The van der Waals surface area contributed by atoms with Gasteiger partial charge in [0.05, 0.1) is 25.4 Å². The number of unbranched alkanes of at least 4 members (excludes halogenated alkanes) is 2. The average molecular weight is 422 g/mol. The highest BCUT2D eigenvalue weighted by Crippen LogP contribution is 2.50. The number of rotatable bonds is 13. The van der Waals surface area contributed by atoms with Gasteiger partial charge in [-0.25, -0.2) is 0 Å². The molecule has 4 heteroatoms. The van der Waals surface area contributed by atoms with Crippen molar-refractivity contribution in [2.24, 2.45) is 17.8 Å². The lowest BCUT2D eigenvalue weighted by Gasteiger charge is -2.30. The Kier molecular flexibility index (Phi) is 11.1. The number of fused-ring (bicyclic) bond motifs is 1. The molecule has 2 N–H and O–H groups in total. The molecule has 0 spiro atoms. The van der Waals surface area contributed by atoms with E-state index in [4.69, 9.17) is 4.74 Å². The highest BCUT2D eigenvalue weighted by atomic mass is 16.5. The van der Waals surface area contributed by atoms with Crippen molar-refractivity contribution in [3.63, 3.8) is 0 Å². The summed E-state index contributed by atoms with van der Waals surface area (Å²) in [7, 11) is 0. The largest absolute Gasteiger partial charge is 0.392 e. The smallest absolute Gasteiger partial charge is 0.0721 e. The zero-order valence-electron chi connectivity index (χ0n) is 20.1. The van der Waals surface area contributed by atoms with E-state index in [0.717, 1.165) is 45.3 Å². The molecule has 0 aromatic carbocycles. The van der Waals surface area contributed by atoms with E-state index < -0.39 is 0 Å². The molecule has 0 radical (unpaired) electrons. The standard InChI is InChI=1S/C26H47NO3/c1-6-7-8-9-23(28)10-11-24-25-17-21(16-22(25)18-26(24)29)12-14-30-15-13-27(19(2)3)20(4)5/h10-12,19-20,22-26,28-29H,6-9,13-18H2,1-5H3/b11-10+,21-12+/t22-,23-,24+,25-,26+/m0/s1. The molecule has 0 aromatic heterocycles. The molecule has 174 valence electrons. The fourth-order valence-electron chi connectivity index (χ4n) is 5.44. The van der Waals surface area contributed by atoms with Crippen LogP contribution in [-0.2, 0) is 4.74 Å². The summed E-state index contributed by atoms with van der Waals surface area (Å²) in [5.41, 5.74) is 1.49. The van der Waals surface area contributed by atoms with E-state index in [1.165, 1.54) is 18.4 Å². The lowest BCUT2D eigenvalue weighted by molar-refractivity contribution is 0.0919. The monoisotopic (exact) mass is 421 g/mol. The Morgan fingerprint density at radius 3 is 2.53 bits per heavy atom. The second kappa shape index (κ2) is 13.0. The Morgan fingerprint density at radius 2 is 1.87 bits per heavy atom. The first kappa shape index (κ1) is 25.6. The summed E-state index contributed by atoms with van der Waals surface area (Å²) < 4.78 is 5.91. The molecular weight excluding hydrogens is 374 g/mol. The third kappa shape index (κ3) is 7.78. The normalized spacial score (nSPS) is 29.2. The van der Waals surface area contributed by atoms with Crippen molar-refractivity contribution in [2.45, 2.75) is 104 Å². The molecule has 0 amide bonds. The molecule has 0 aliphatic heterocycles. The quantitative estimate of drug-likeness (QED) is 0.326. The van der Waals surface area contributed by atoms with Crippen LogP contribution in [-0.4, -0.2) is 59.2 Å². The summed E-state index contributed by atoms with van der Waals surface area (Å²) in [5, 5.41) is 20.7. The predicted molar refractivity (Wildman–Crippen MR) is 125 cm³/mol. The van der Waals surface area contributed by atoms with Crippen LogP contribution in [0.5, 0.6) is 0 Å². The number of hydrogen-bond donors (Lipinski definition) is 2. The van der Waals surface area contributed by atoms with Crippen molar-refractivity contribution in [3.05, 3.63) is 23.8 Å². The molecule has 2 aliphatic carbocycles. The van der Waals surface area contributed by atoms with Crippen LogP contribution in [0.25, 0.3) is 0 Å². The van der Waals surface area contributed by atoms with Crippen LogP contribution >= 0.6 is 0 Å². The highest BCUT2D eigenvalue weighted by molar-refractivity contribution is 5.18. The van der Waals surface area contributed by atoms with E-state index in [2.05, 4.69) is 51.7 Å². The van der Waals surface area contributed by atoms with Gasteiger partial charge in [-0.15, -0.1) is 0 Å². The summed E-state index contributed by atoms with van der Waals surface area (Å²) in [6, 6.07) is 1.09. The SMILES string of the molecule is CCCCC[C@H](O)/C=C/[C@@H]1[C@H]2C/C(=C/COCCN(C(C)C)C(C)C)C[C@H]2C[C@H]1O. The third-order valence-corrected chi connectivity index (χ3v) is 7.08. The highest BCUT2D eigenvalue weighted by Gasteiger charge is 2.44. The van der Waals surface area contributed by atoms with Gasteiger partial charge in [-0.2, -0.15) is 0 Å². The zero-order valence-corrected chi connectivity index (χ0v) is 20.1. The maximum absolute atomic E-state index is 10.5. The van der Waals surface area contributed by atoms with Gasteiger partial charge in [0.2, 0.25) is 0 Å². The number of aliphatic hydroxyl groups excluding tert-OH is 2. The van der Waals surface area contributed by atoms with Crippen LogP contribution in [0.4, 0.5) is 0 Å². The molecule has 0 unspecified atom stereocenters. The van der Waals surface area contributed by atoms with Gasteiger partial charge in [0, 0.05) is 24.5 Å². The van der Waals surface area contributed by atoms with E-state index >= 15 is 0 Å². The maximum Gasteiger partial charge on any atom is 0.0721 e. The van der Waals surface area contributed by atoms with Crippen LogP contribution < -0.4 is 0 Å². The zero-order chi connectivity index (χ0) is 22.1. The van der Waals surface area contributed by atoms with Crippen LogP contribution in [0.3, 0.4) is 0 Å². The first-order valence-corrected chi connectivity index (χ1v) is 12.4. The minimum absolute atomic E-state index is 0.188. The number of allylic oxidation sites excluding steroid dienone is 1. The van der Waals surface area contributed by atoms with E-state index in [1.54, 1.807) is 0 Å². The van der Waals surface area contributed by atoms with E-state index in [1.807, 2.05) is 6.08 Å². The van der Waals surface area contributed by atoms with Gasteiger partial charge >= 0.3 is 0 Å². The molecule has 2 aliphatic rings. The first-order valence-electron chi connectivity index (χ1n) is 12.4. The molecule has 0 aromatic rings. The fraction of sp³-hybridized carbons (Fsp3) is 0.846. The minimum atomic E-state index is -0.371. The summed E-state index contributed by atoms with van der Waals surface area (Å²) in [4.78, 5) is 2.46. The molecule has 4 nitrogen and oxygen atoms in total. The van der Waals surface area contributed by atoms with Gasteiger partial charge in [0.1, 0.15) is 0 Å². The topological polar surface area (TPSA) is 52.9 Å². The fourth-order valence-corrected chi connectivity index (χ4v) is 5.44. The Hall–Kier alpha value is -0.680. The predicted octanol–water partition coefficient (Wildman–Crippen LogP) is 4.95. The Morgan fingerprint density at radius 1 is 1.13 bits per heavy atom. The third-order valence-electron chi connectivity index (χ3n) is 7.08. The molecule has 30 heavy (non-hydrogen) atoms. The van der Waals surface area contributed by atoms with Crippen molar-refractivity contribution < 1.29 is 14.9 Å². The molecule has 2 saturated carbocycles. The number of nitrogens with zero attached hydrogens (tertiary/aromatic N) is 1. The van der Waals surface area contributed by atoms with E-state index in [-0.39, 0.29) is 18.1 Å². The summed E-state index contributed by atoms with van der Waals surface area (Å²) in [5.74, 6) is 1.28. The number of ether oxygens (including phenoxy) is 1. The maximum atomic E-state index is 10.5. The molecule has 0 bridgehead atoms. The minimum Gasteiger partial charge on any atom is -0.392 e. The lowest BCUT2D eigenvalue weighted by Crippen LogP contribution is -2.39. The van der Waals surface area contributed by atoms with Crippen LogP contribution in [0, 0.1) is 17.8 Å². The van der Waals surface area contributed by atoms with Crippen LogP contribution in [0.2, 0.25) is 0 Å². The first-order chi connectivity index (χ1) is 14.3. The van der Waals surface area contributed by atoms with Gasteiger partial charge in [-0.1, -0.05) is 50.0 Å². The Labute approximate surface area is 185 Å². The lowest BCUT2D eigenvalue weighted by atomic mass is 9.90. The molecule has 0 saturated heterocycles. The number of hydrogen-bond acceptors (Lipinski definition) is 4. The molecule has 5 atom stereocenters. The molecule has 2 fully saturated rings. The summed E-state index contributed by atoms with van der Waals surface area (Å²) in [6.45, 7) is 13.6. The average Bonchev–Trinajstić information content (AvgIpc) is 3.18.